The molecule has 0 bridgehead atoms. The minimum Gasteiger partial charge on any atom is -0.319 e. The molecule has 5 heteroatoms. The molecular weight excluding hydrogens is 274 g/mol. The SMILES string of the molecule is O=c1[nH]c2cc(F)c(F)cc2nc1/C=C/c1ccccc1. The third-order valence-corrected chi connectivity index (χ3v) is 2.99. The zero-order valence-electron chi connectivity index (χ0n) is 10.8. The molecule has 3 nitrogen and oxygen atoms in total. The number of hydrogen-bond acceptors (Lipinski definition) is 2. The Morgan fingerprint density at radius 1 is 1.00 bits per heavy atom. The minimum absolute atomic E-state index is 0.136. The third kappa shape index (κ3) is 2.72. The van der Waals surface area contributed by atoms with E-state index in [9.17, 15) is 13.6 Å². The fourth-order valence-electron chi connectivity index (χ4n) is 1.95. The Balaban J connectivity index is 2.07. The van der Waals surface area contributed by atoms with Gasteiger partial charge in [-0.1, -0.05) is 36.4 Å². The van der Waals surface area contributed by atoms with Crippen molar-refractivity contribution in [3.63, 3.8) is 0 Å². The van der Waals surface area contributed by atoms with E-state index in [1.54, 1.807) is 6.08 Å². The summed E-state index contributed by atoms with van der Waals surface area (Å²) >= 11 is 0. The fourth-order valence-corrected chi connectivity index (χ4v) is 1.95. The van der Waals surface area contributed by atoms with Gasteiger partial charge in [-0.3, -0.25) is 4.79 Å². The van der Waals surface area contributed by atoms with Gasteiger partial charge in [0.1, 0.15) is 5.69 Å². The highest BCUT2D eigenvalue weighted by atomic mass is 19.2. The van der Waals surface area contributed by atoms with E-state index in [0.717, 1.165) is 17.7 Å². The van der Waals surface area contributed by atoms with Crippen molar-refractivity contribution in [3.05, 3.63) is 75.7 Å². The number of nitrogens with one attached hydrogen (secondary N) is 1. The second kappa shape index (κ2) is 5.28. The van der Waals surface area contributed by atoms with Crippen LogP contribution in [-0.2, 0) is 0 Å². The lowest BCUT2D eigenvalue weighted by Gasteiger charge is -2.00. The van der Waals surface area contributed by atoms with Crippen molar-refractivity contribution in [1.29, 1.82) is 0 Å². The van der Waals surface area contributed by atoms with E-state index < -0.39 is 17.2 Å². The van der Waals surface area contributed by atoms with Crippen LogP contribution in [-0.4, -0.2) is 9.97 Å². The highest BCUT2D eigenvalue weighted by molar-refractivity contribution is 5.76. The van der Waals surface area contributed by atoms with E-state index in [-0.39, 0.29) is 16.7 Å². The van der Waals surface area contributed by atoms with Crippen LogP contribution in [0.1, 0.15) is 11.3 Å². The number of aromatic nitrogens is 2. The normalized spacial score (nSPS) is 11.3. The van der Waals surface area contributed by atoms with E-state index in [1.807, 2.05) is 30.3 Å². The Labute approximate surface area is 118 Å². The first-order chi connectivity index (χ1) is 10.1. The number of halogens is 2. The van der Waals surface area contributed by atoms with Crippen LogP contribution in [0.15, 0.2) is 47.3 Å². The number of aromatic amines is 1. The Morgan fingerprint density at radius 2 is 1.71 bits per heavy atom. The molecule has 1 N–H and O–H groups in total. The maximum atomic E-state index is 13.2. The fraction of sp³-hybridized carbons (Fsp3) is 0. The van der Waals surface area contributed by atoms with Gasteiger partial charge < -0.3 is 4.98 Å². The van der Waals surface area contributed by atoms with Crippen LogP contribution in [0.4, 0.5) is 8.78 Å². The number of H-pyrrole nitrogens is 1. The summed E-state index contributed by atoms with van der Waals surface area (Å²) < 4.78 is 26.3. The first kappa shape index (κ1) is 13.2. The summed E-state index contributed by atoms with van der Waals surface area (Å²) in [6.07, 6.45) is 3.26. The molecule has 3 rings (SSSR count). The first-order valence-electron chi connectivity index (χ1n) is 6.26. The Hall–Kier alpha value is -2.82. The molecule has 0 atom stereocenters. The van der Waals surface area contributed by atoms with E-state index >= 15 is 0 Å². The van der Waals surface area contributed by atoms with Gasteiger partial charge in [-0.15, -0.1) is 0 Å². The summed E-state index contributed by atoms with van der Waals surface area (Å²) in [7, 11) is 0. The summed E-state index contributed by atoms with van der Waals surface area (Å²) in [6.45, 7) is 0. The molecule has 0 aliphatic carbocycles. The van der Waals surface area contributed by atoms with E-state index in [1.165, 1.54) is 6.08 Å². The van der Waals surface area contributed by atoms with Crippen LogP contribution in [0.2, 0.25) is 0 Å². The smallest absolute Gasteiger partial charge is 0.274 e. The number of fused-ring (bicyclic) bond motifs is 1. The van der Waals surface area contributed by atoms with Gasteiger partial charge in [-0.2, -0.15) is 0 Å². The number of hydrogen-bond donors (Lipinski definition) is 1. The summed E-state index contributed by atoms with van der Waals surface area (Å²) in [4.78, 5) is 18.4. The highest BCUT2D eigenvalue weighted by Crippen LogP contribution is 2.14. The molecule has 2 aromatic carbocycles. The number of benzene rings is 2. The van der Waals surface area contributed by atoms with Crippen LogP contribution in [0, 0.1) is 11.6 Å². The van der Waals surface area contributed by atoms with Gasteiger partial charge in [0, 0.05) is 12.1 Å². The molecule has 0 saturated heterocycles. The van der Waals surface area contributed by atoms with Gasteiger partial charge >= 0.3 is 0 Å². The zero-order chi connectivity index (χ0) is 14.8. The zero-order valence-corrected chi connectivity index (χ0v) is 10.8. The van der Waals surface area contributed by atoms with Gasteiger partial charge in [0.15, 0.2) is 11.6 Å². The van der Waals surface area contributed by atoms with Crippen molar-refractivity contribution < 1.29 is 8.78 Å². The average Bonchev–Trinajstić information content (AvgIpc) is 2.48. The second-order valence-corrected chi connectivity index (χ2v) is 4.48. The van der Waals surface area contributed by atoms with Gasteiger partial charge in [-0.25, -0.2) is 13.8 Å². The molecule has 0 aliphatic heterocycles. The van der Waals surface area contributed by atoms with Gasteiger partial charge in [-0.05, 0) is 11.6 Å². The first-order valence-corrected chi connectivity index (χ1v) is 6.26. The molecule has 0 unspecified atom stereocenters. The molecule has 0 spiro atoms. The Bertz CT molecular complexity index is 886. The lowest BCUT2D eigenvalue weighted by atomic mass is 10.2. The third-order valence-electron chi connectivity index (χ3n) is 2.99. The lowest BCUT2D eigenvalue weighted by Crippen LogP contribution is -2.12. The summed E-state index contributed by atoms with van der Waals surface area (Å²) in [5.74, 6) is -2.02. The van der Waals surface area contributed by atoms with Crippen molar-refractivity contribution in [2.75, 3.05) is 0 Å². The molecular formula is C16H10F2N2O. The van der Waals surface area contributed by atoms with Gasteiger partial charge in [0.05, 0.1) is 11.0 Å². The van der Waals surface area contributed by atoms with Crippen molar-refractivity contribution in [3.8, 4) is 0 Å². The molecule has 21 heavy (non-hydrogen) atoms. The minimum atomic E-state index is -1.02. The molecule has 0 amide bonds. The van der Waals surface area contributed by atoms with Crippen LogP contribution in [0.5, 0.6) is 0 Å². The molecule has 0 aliphatic rings. The quantitative estimate of drug-likeness (QED) is 0.784. The molecule has 104 valence electrons. The van der Waals surface area contributed by atoms with E-state index in [0.29, 0.717) is 0 Å². The van der Waals surface area contributed by atoms with Crippen LogP contribution < -0.4 is 5.56 Å². The molecule has 0 fully saturated rings. The van der Waals surface area contributed by atoms with Crippen molar-refractivity contribution in [2.24, 2.45) is 0 Å². The van der Waals surface area contributed by atoms with Gasteiger partial charge in [0.25, 0.3) is 5.56 Å². The van der Waals surface area contributed by atoms with Crippen molar-refractivity contribution in [2.45, 2.75) is 0 Å². The molecule has 1 heterocycles. The highest BCUT2D eigenvalue weighted by Gasteiger charge is 2.07. The van der Waals surface area contributed by atoms with Crippen molar-refractivity contribution >= 4 is 23.2 Å². The molecule has 1 aromatic heterocycles. The van der Waals surface area contributed by atoms with Crippen LogP contribution in [0.25, 0.3) is 23.2 Å². The predicted molar refractivity (Wildman–Crippen MR) is 77.6 cm³/mol. The largest absolute Gasteiger partial charge is 0.319 e. The standard InChI is InChI=1S/C16H10F2N2O/c17-11-8-14-15(9-12(11)18)20-16(21)13(19-14)7-6-10-4-2-1-3-5-10/h1-9H,(H,20,21)/b7-6+. The maximum Gasteiger partial charge on any atom is 0.274 e. The maximum absolute atomic E-state index is 13.2. The summed E-state index contributed by atoms with van der Waals surface area (Å²) in [5.41, 5.74) is 0.944. The summed E-state index contributed by atoms with van der Waals surface area (Å²) in [6, 6.07) is 11.3. The van der Waals surface area contributed by atoms with E-state index in [2.05, 4.69) is 9.97 Å². The second-order valence-electron chi connectivity index (χ2n) is 4.48. The molecule has 3 aromatic rings. The number of nitrogens with zero attached hydrogens (tertiary/aromatic N) is 1. The van der Waals surface area contributed by atoms with Crippen LogP contribution >= 0.6 is 0 Å². The molecule has 0 radical (unpaired) electrons. The number of rotatable bonds is 2. The average molecular weight is 284 g/mol. The Morgan fingerprint density at radius 3 is 2.48 bits per heavy atom. The van der Waals surface area contributed by atoms with Gasteiger partial charge in [0.2, 0.25) is 0 Å². The van der Waals surface area contributed by atoms with E-state index in [4.69, 9.17) is 0 Å². The monoisotopic (exact) mass is 284 g/mol. The molecule has 0 saturated carbocycles. The Kier molecular flexibility index (Phi) is 3.31. The predicted octanol–water partition coefficient (Wildman–Crippen LogP) is 3.37. The lowest BCUT2D eigenvalue weighted by molar-refractivity contribution is 0.510. The summed E-state index contributed by atoms with van der Waals surface area (Å²) in [5, 5.41) is 0. The van der Waals surface area contributed by atoms with Crippen LogP contribution in [0.3, 0.4) is 0 Å². The van der Waals surface area contributed by atoms with Crippen molar-refractivity contribution in [1.82, 2.24) is 9.97 Å². The topological polar surface area (TPSA) is 45.8 Å².